The van der Waals surface area contributed by atoms with E-state index in [-0.39, 0.29) is 10.8 Å². The van der Waals surface area contributed by atoms with Gasteiger partial charge in [-0.1, -0.05) is 58.0 Å². The highest BCUT2D eigenvalue weighted by Gasteiger charge is 2.36. The summed E-state index contributed by atoms with van der Waals surface area (Å²) in [5.74, 6) is -0.414. The summed E-state index contributed by atoms with van der Waals surface area (Å²) in [6.07, 6.45) is 6.34. The van der Waals surface area contributed by atoms with Crippen LogP contribution in [0, 0.1) is 0 Å². The van der Waals surface area contributed by atoms with Crippen LogP contribution in [-0.4, -0.2) is 18.1 Å². The number of ether oxygens (including phenoxy) is 1. The van der Waals surface area contributed by atoms with Crippen LogP contribution in [0.15, 0.2) is 36.5 Å². The lowest BCUT2D eigenvalue weighted by Gasteiger charge is -2.42. The van der Waals surface area contributed by atoms with Gasteiger partial charge in [0.1, 0.15) is 5.69 Å². The maximum absolute atomic E-state index is 11.5. The zero-order valence-corrected chi connectivity index (χ0v) is 17.2. The lowest BCUT2D eigenvalue weighted by molar-refractivity contribution is 0.0594. The largest absolute Gasteiger partial charge is 0.464 e. The number of methoxy groups -OCH3 is 1. The Hall–Kier alpha value is -2.42. The van der Waals surface area contributed by atoms with E-state index in [1.807, 2.05) is 6.07 Å². The standard InChI is InChI=1S/C24H29NO2/c1-16(18-8-10-21(25-15-18)22(26)27-6)13-17-7-9-19-20(14-17)24(4,5)12-11-23(19,2)3/h7-10,13-15H,11-12H2,1-6H3. The Labute approximate surface area is 162 Å². The van der Waals surface area contributed by atoms with Gasteiger partial charge in [-0.2, -0.15) is 0 Å². The van der Waals surface area contributed by atoms with Gasteiger partial charge in [-0.05, 0) is 64.5 Å². The van der Waals surface area contributed by atoms with Crippen molar-refractivity contribution in [3.05, 3.63) is 64.5 Å². The fraction of sp³-hybridized carbons (Fsp3) is 0.417. The van der Waals surface area contributed by atoms with Crippen molar-refractivity contribution in [1.29, 1.82) is 0 Å². The first-order chi connectivity index (χ1) is 12.6. The van der Waals surface area contributed by atoms with Crippen LogP contribution in [0.5, 0.6) is 0 Å². The molecular formula is C24H29NO2. The van der Waals surface area contributed by atoms with Gasteiger partial charge in [0.25, 0.3) is 0 Å². The fourth-order valence-electron chi connectivity index (χ4n) is 3.88. The molecule has 1 aromatic heterocycles. The third kappa shape index (κ3) is 3.83. The minimum Gasteiger partial charge on any atom is -0.464 e. The maximum Gasteiger partial charge on any atom is 0.356 e. The van der Waals surface area contributed by atoms with Crippen LogP contribution >= 0.6 is 0 Å². The van der Waals surface area contributed by atoms with Crippen molar-refractivity contribution in [3.63, 3.8) is 0 Å². The van der Waals surface area contributed by atoms with E-state index in [0.29, 0.717) is 5.69 Å². The summed E-state index contributed by atoms with van der Waals surface area (Å²) < 4.78 is 4.71. The number of aromatic nitrogens is 1. The molecule has 0 fully saturated rings. The number of allylic oxidation sites excluding steroid dienone is 1. The lowest BCUT2D eigenvalue weighted by atomic mass is 9.63. The van der Waals surface area contributed by atoms with E-state index < -0.39 is 5.97 Å². The van der Waals surface area contributed by atoms with E-state index in [1.165, 1.54) is 36.6 Å². The van der Waals surface area contributed by atoms with E-state index in [9.17, 15) is 4.79 Å². The topological polar surface area (TPSA) is 39.2 Å². The minimum absolute atomic E-state index is 0.201. The van der Waals surface area contributed by atoms with Crippen molar-refractivity contribution >= 4 is 17.6 Å². The number of fused-ring (bicyclic) bond motifs is 1. The van der Waals surface area contributed by atoms with Crippen molar-refractivity contribution in [2.45, 2.75) is 58.3 Å². The van der Waals surface area contributed by atoms with E-state index >= 15 is 0 Å². The lowest BCUT2D eigenvalue weighted by Crippen LogP contribution is -2.33. The Morgan fingerprint density at radius 3 is 2.30 bits per heavy atom. The van der Waals surface area contributed by atoms with E-state index in [2.05, 4.69) is 63.9 Å². The Balaban J connectivity index is 1.94. The monoisotopic (exact) mass is 363 g/mol. The van der Waals surface area contributed by atoms with Gasteiger partial charge in [0.2, 0.25) is 0 Å². The Kier molecular flexibility index (Phi) is 4.98. The van der Waals surface area contributed by atoms with Gasteiger partial charge in [-0.15, -0.1) is 0 Å². The van der Waals surface area contributed by atoms with Crippen LogP contribution in [0.2, 0.25) is 0 Å². The number of esters is 1. The molecule has 142 valence electrons. The van der Waals surface area contributed by atoms with Crippen LogP contribution in [0.1, 0.15) is 80.2 Å². The van der Waals surface area contributed by atoms with E-state index in [1.54, 1.807) is 12.3 Å². The van der Waals surface area contributed by atoms with Crippen LogP contribution in [0.4, 0.5) is 0 Å². The average Bonchev–Trinajstić information content (AvgIpc) is 2.65. The molecule has 1 aliphatic carbocycles. The molecule has 0 atom stereocenters. The maximum atomic E-state index is 11.5. The first-order valence-electron chi connectivity index (χ1n) is 9.52. The summed E-state index contributed by atoms with van der Waals surface area (Å²) in [5.41, 5.74) is 7.01. The van der Waals surface area contributed by atoms with Crippen LogP contribution in [-0.2, 0) is 15.6 Å². The number of benzene rings is 1. The molecule has 0 bridgehead atoms. The second-order valence-corrected chi connectivity index (χ2v) is 8.82. The van der Waals surface area contributed by atoms with Crippen molar-refractivity contribution in [2.24, 2.45) is 0 Å². The Bertz CT molecular complexity index is 889. The predicted octanol–water partition coefficient (Wildman–Crippen LogP) is 5.78. The molecule has 3 heteroatoms. The molecular weight excluding hydrogens is 334 g/mol. The molecule has 2 aromatic rings. The highest BCUT2D eigenvalue weighted by atomic mass is 16.5. The third-order valence-electron chi connectivity index (χ3n) is 5.87. The molecule has 27 heavy (non-hydrogen) atoms. The molecule has 1 aliphatic rings. The molecule has 0 unspecified atom stereocenters. The van der Waals surface area contributed by atoms with Crippen molar-refractivity contribution in [1.82, 2.24) is 4.98 Å². The van der Waals surface area contributed by atoms with Gasteiger partial charge < -0.3 is 4.74 Å². The number of rotatable bonds is 3. The molecule has 0 spiro atoms. The molecule has 0 aliphatic heterocycles. The smallest absolute Gasteiger partial charge is 0.356 e. The number of nitrogens with zero attached hydrogens (tertiary/aromatic N) is 1. The Morgan fingerprint density at radius 2 is 1.70 bits per heavy atom. The SMILES string of the molecule is COC(=O)c1ccc(C(C)=Cc2ccc3c(c2)C(C)(C)CCC3(C)C)cn1. The fourth-order valence-corrected chi connectivity index (χ4v) is 3.88. The highest BCUT2D eigenvalue weighted by molar-refractivity contribution is 5.88. The van der Waals surface area contributed by atoms with E-state index in [4.69, 9.17) is 4.74 Å². The first kappa shape index (κ1) is 19.3. The summed E-state index contributed by atoms with van der Waals surface area (Å²) in [6.45, 7) is 11.4. The predicted molar refractivity (Wildman–Crippen MR) is 111 cm³/mol. The summed E-state index contributed by atoms with van der Waals surface area (Å²) in [7, 11) is 1.36. The highest BCUT2D eigenvalue weighted by Crippen LogP contribution is 2.46. The van der Waals surface area contributed by atoms with Crippen molar-refractivity contribution in [2.75, 3.05) is 7.11 Å². The molecule has 1 aromatic carbocycles. The van der Waals surface area contributed by atoms with Crippen molar-refractivity contribution < 1.29 is 9.53 Å². The zero-order valence-electron chi connectivity index (χ0n) is 17.2. The Morgan fingerprint density at radius 1 is 1.04 bits per heavy atom. The molecule has 0 N–H and O–H groups in total. The summed E-state index contributed by atoms with van der Waals surface area (Å²) in [6, 6.07) is 10.5. The molecule has 0 radical (unpaired) electrons. The summed E-state index contributed by atoms with van der Waals surface area (Å²) in [5, 5.41) is 0. The molecule has 0 saturated carbocycles. The summed E-state index contributed by atoms with van der Waals surface area (Å²) >= 11 is 0. The minimum atomic E-state index is -0.414. The van der Waals surface area contributed by atoms with Crippen LogP contribution < -0.4 is 0 Å². The second kappa shape index (κ2) is 6.95. The van der Waals surface area contributed by atoms with Gasteiger partial charge in [0.15, 0.2) is 0 Å². The van der Waals surface area contributed by atoms with Crippen LogP contribution in [0.25, 0.3) is 11.6 Å². The molecule has 1 heterocycles. The normalized spacial score (nSPS) is 17.9. The molecule has 0 saturated heterocycles. The number of hydrogen-bond donors (Lipinski definition) is 0. The van der Waals surface area contributed by atoms with Gasteiger partial charge in [0, 0.05) is 6.20 Å². The van der Waals surface area contributed by atoms with Gasteiger partial charge in [-0.25, -0.2) is 9.78 Å². The zero-order chi connectivity index (χ0) is 19.8. The number of hydrogen-bond acceptors (Lipinski definition) is 3. The van der Waals surface area contributed by atoms with Crippen LogP contribution in [0.3, 0.4) is 0 Å². The molecule has 0 amide bonds. The third-order valence-corrected chi connectivity index (χ3v) is 5.87. The van der Waals surface area contributed by atoms with E-state index in [0.717, 1.165) is 11.1 Å². The van der Waals surface area contributed by atoms with Gasteiger partial charge >= 0.3 is 5.97 Å². The summed E-state index contributed by atoms with van der Waals surface area (Å²) in [4.78, 5) is 15.7. The molecule has 3 nitrogen and oxygen atoms in total. The average molecular weight is 364 g/mol. The van der Waals surface area contributed by atoms with Crippen molar-refractivity contribution in [3.8, 4) is 0 Å². The quantitative estimate of drug-likeness (QED) is 0.649. The second-order valence-electron chi connectivity index (χ2n) is 8.82. The van der Waals surface area contributed by atoms with Gasteiger partial charge in [0.05, 0.1) is 7.11 Å². The number of carbonyl (C=O) groups is 1. The number of carbonyl (C=O) groups excluding carboxylic acids is 1. The molecule has 3 rings (SSSR count). The number of pyridine rings is 1. The van der Waals surface area contributed by atoms with Gasteiger partial charge in [-0.3, -0.25) is 0 Å². The first-order valence-corrected chi connectivity index (χ1v) is 9.52.